The van der Waals surface area contributed by atoms with Gasteiger partial charge < -0.3 is 9.84 Å². The van der Waals surface area contributed by atoms with Crippen LogP contribution in [-0.4, -0.2) is 28.4 Å². The predicted octanol–water partition coefficient (Wildman–Crippen LogP) is 4.31. The zero-order valence-corrected chi connectivity index (χ0v) is 16.2. The average molecular weight is 388 g/mol. The summed E-state index contributed by atoms with van der Waals surface area (Å²) in [5.74, 6) is -1.48. The van der Waals surface area contributed by atoms with Crippen molar-refractivity contribution in [3.63, 3.8) is 0 Å². The summed E-state index contributed by atoms with van der Waals surface area (Å²) in [6, 6.07) is 15.2. The Hall–Kier alpha value is -3.72. The number of rotatable bonds is 6. The van der Waals surface area contributed by atoms with Gasteiger partial charge in [-0.2, -0.15) is 5.26 Å². The Labute approximate surface area is 168 Å². The third kappa shape index (κ3) is 4.25. The van der Waals surface area contributed by atoms with Crippen LogP contribution in [0.2, 0.25) is 0 Å². The topological polar surface area (TPSA) is 100 Å². The van der Waals surface area contributed by atoms with Crippen LogP contribution in [0.5, 0.6) is 5.75 Å². The Kier molecular flexibility index (Phi) is 5.89. The zero-order chi connectivity index (χ0) is 21.0. The van der Waals surface area contributed by atoms with Gasteiger partial charge in [-0.05, 0) is 31.0 Å². The van der Waals surface area contributed by atoms with Crippen LogP contribution in [0.3, 0.4) is 0 Å². The van der Waals surface area contributed by atoms with Gasteiger partial charge in [0.25, 0.3) is 0 Å². The maximum absolute atomic E-state index is 12.5. The van der Waals surface area contributed by atoms with Gasteiger partial charge >= 0.3 is 5.97 Å². The van der Waals surface area contributed by atoms with Gasteiger partial charge in [0.05, 0.1) is 18.5 Å². The second-order valence-corrected chi connectivity index (χ2v) is 6.62. The number of ketones is 1. The van der Waals surface area contributed by atoms with Crippen LogP contribution in [-0.2, 0) is 9.53 Å². The summed E-state index contributed by atoms with van der Waals surface area (Å²) in [5.41, 5.74) is 3.20. The quantitative estimate of drug-likeness (QED) is 0.499. The number of fused-ring (bicyclic) bond motifs is 1. The molecule has 0 saturated carbocycles. The number of esters is 1. The molecule has 0 bridgehead atoms. The number of pyridine rings is 1. The molecule has 0 fully saturated rings. The van der Waals surface area contributed by atoms with Crippen molar-refractivity contribution in [2.75, 3.05) is 6.61 Å². The molecule has 0 aliphatic heterocycles. The summed E-state index contributed by atoms with van der Waals surface area (Å²) in [6.45, 7) is 3.91. The van der Waals surface area contributed by atoms with Crippen molar-refractivity contribution in [1.29, 1.82) is 5.26 Å². The van der Waals surface area contributed by atoms with Crippen molar-refractivity contribution < 1.29 is 19.4 Å². The number of Topliss-reactive ketones (excluding diaryl/α,β-unsaturated/α-hetero) is 1. The Morgan fingerprint density at radius 1 is 1.10 bits per heavy atom. The lowest BCUT2D eigenvalue weighted by Gasteiger charge is -2.10. The first-order valence-electron chi connectivity index (χ1n) is 9.27. The number of aryl methyl sites for hydroxylation is 1. The van der Waals surface area contributed by atoms with Gasteiger partial charge in [-0.15, -0.1) is 0 Å². The minimum atomic E-state index is -0.519. The van der Waals surface area contributed by atoms with E-state index in [0.717, 1.165) is 16.7 Å². The van der Waals surface area contributed by atoms with E-state index < -0.39 is 17.5 Å². The summed E-state index contributed by atoms with van der Waals surface area (Å²) in [5, 5.41) is 20.4. The van der Waals surface area contributed by atoms with Crippen molar-refractivity contribution in [1.82, 2.24) is 4.98 Å². The number of hydrogen-bond acceptors (Lipinski definition) is 6. The van der Waals surface area contributed by atoms with E-state index in [0.29, 0.717) is 10.9 Å². The van der Waals surface area contributed by atoms with E-state index in [1.165, 1.54) is 0 Å². The molecule has 0 saturated heterocycles. The van der Waals surface area contributed by atoms with E-state index in [-0.39, 0.29) is 30.7 Å². The highest BCUT2D eigenvalue weighted by Gasteiger charge is 2.21. The Bertz CT molecular complexity index is 1130. The number of nitriles is 1. The maximum Gasteiger partial charge on any atom is 0.306 e. The molecule has 0 unspecified atom stereocenters. The lowest BCUT2D eigenvalue weighted by molar-refractivity contribution is -0.143. The van der Waals surface area contributed by atoms with Crippen molar-refractivity contribution in [3.8, 4) is 22.9 Å². The molecule has 146 valence electrons. The Morgan fingerprint density at radius 3 is 2.45 bits per heavy atom. The van der Waals surface area contributed by atoms with E-state index in [2.05, 4.69) is 4.98 Å². The molecule has 0 radical (unpaired) electrons. The van der Waals surface area contributed by atoms with Gasteiger partial charge in [0.1, 0.15) is 17.3 Å². The van der Waals surface area contributed by atoms with E-state index in [9.17, 15) is 20.0 Å². The maximum atomic E-state index is 12.5. The molecule has 0 atom stereocenters. The first kappa shape index (κ1) is 20.0. The summed E-state index contributed by atoms with van der Waals surface area (Å²) in [4.78, 5) is 28.4. The second-order valence-electron chi connectivity index (χ2n) is 6.62. The molecule has 29 heavy (non-hydrogen) atoms. The highest BCUT2D eigenvalue weighted by Crippen LogP contribution is 2.32. The van der Waals surface area contributed by atoms with Crippen LogP contribution in [0.4, 0.5) is 0 Å². The number of benzene rings is 2. The van der Waals surface area contributed by atoms with Gasteiger partial charge in [-0.1, -0.05) is 42.0 Å². The van der Waals surface area contributed by atoms with Crippen molar-refractivity contribution in [2.45, 2.75) is 26.7 Å². The average Bonchev–Trinajstić information content (AvgIpc) is 2.72. The molecule has 0 aliphatic carbocycles. The molecule has 3 rings (SSSR count). The smallest absolute Gasteiger partial charge is 0.306 e. The third-order valence-corrected chi connectivity index (χ3v) is 4.58. The molecule has 0 aliphatic rings. The molecule has 0 amide bonds. The van der Waals surface area contributed by atoms with Gasteiger partial charge in [0, 0.05) is 11.8 Å². The highest BCUT2D eigenvalue weighted by molar-refractivity contribution is 6.03. The zero-order valence-electron chi connectivity index (χ0n) is 16.2. The van der Waals surface area contributed by atoms with Crippen molar-refractivity contribution >= 4 is 22.7 Å². The largest absolute Gasteiger partial charge is 0.504 e. The molecular weight excluding hydrogens is 368 g/mol. The van der Waals surface area contributed by atoms with Crippen LogP contribution in [0.15, 0.2) is 42.5 Å². The molecule has 6 nitrogen and oxygen atoms in total. The normalized spacial score (nSPS) is 10.5. The number of ether oxygens (including phenoxy) is 1. The number of carbonyl (C=O) groups excluding carboxylic acids is 2. The first-order chi connectivity index (χ1) is 13.9. The van der Waals surface area contributed by atoms with E-state index in [1.54, 1.807) is 19.1 Å². The first-order valence-corrected chi connectivity index (χ1v) is 9.27. The van der Waals surface area contributed by atoms with Gasteiger partial charge in [0.15, 0.2) is 11.5 Å². The van der Waals surface area contributed by atoms with Gasteiger partial charge in [-0.25, -0.2) is 4.98 Å². The molecule has 0 spiro atoms. The minimum absolute atomic E-state index is 0.00931. The Balaban J connectivity index is 2.03. The monoisotopic (exact) mass is 388 g/mol. The summed E-state index contributed by atoms with van der Waals surface area (Å²) >= 11 is 0. The molecule has 1 N–H and O–H groups in total. The third-order valence-electron chi connectivity index (χ3n) is 4.58. The number of nitrogens with zero attached hydrogens (tertiary/aromatic N) is 2. The number of hydrogen-bond donors (Lipinski definition) is 1. The van der Waals surface area contributed by atoms with Crippen molar-refractivity contribution in [3.05, 3.63) is 59.3 Å². The molecule has 3 aromatic rings. The van der Waals surface area contributed by atoms with Crippen molar-refractivity contribution in [2.24, 2.45) is 0 Å². The van der Waals surface area contributed by atoms with Crippen LogP contribution >= 0.6 is 0 Å². The summed E-state index contributed by atoms with van der Waals surface area (Å²) in [7, 11) is 0. The fourth-order valence-corrected chi connectivity index (χ4v) is 3.06. The van der Waals surface area contributed by atoms with E-state index in [4.69, 9.17) is 4.74 Å². The molecule has 2 aromatic carbocycles. The van der Waals surface area contributed by atoms with Crippen LogP contribution in [0, 0.1) is 18.3 Å². The lowest BCUT2D eigenvalue weighted by Crippen LogP contribution is -2.10. The van der Waals surface area contributed by atoms with E-state index >= 15 is 0 Å². The molecular formula is C23H20N2O4. The second kappa shape index (κ2) is 8.53. The highest BCUT2D eigenvalue weighted by atomic mass is 16.5. The summed E-state index contributed by atoms with van der Waals surface area (Å²) in [6.07, 6.45) is -0.273. The molecule has 6 heteroatoms. The van der Waals surface area contributed by atoms with E-state index in [1.807, 2.05) is 43.3 Å². The molecule has 1 aromatic heterocycles. The predicted molar refractivity (Wildman–Crippen MR) is 108 cm³/mol. The fourth-order valence-electron chi connectivity index (χ4n) is 3.06. The SMILES string of the molecule is CCOC(=O)CCC(=O)c1nc2cc(-c3ccc(C)cc3)ccc2c(C#N)c1O. The van der Waals surface area contributed by atoms with Crippen LogP contribution in [0.25, 0.3) is 22.0 Å². The van der Waals surface area contributed by atoms with Gasteiger partial charge in [0.2, 0.25) is 0 Å². The number of aromatic nitrogens is 1. The minimum Gasteiger partial charge on any atom is -0.504 e. The van der Waals surface area contributed by atoms with Crippen LogP contribution in [0.1, 0.15) is 41.4 Å². The fraction of sp³-hybridized carbons (Fsp3) is 0.217. The Morgan fingerprint density at radius 2 is 1.79 bits per heavy atom. The van der Waals surface area contributed by atoms with Crippen LogP contribution < -0.4 is 0 Å². The number of aromatic hydroxyl groups is 1. The summed E-state index contributed by atoms with van der Waals surface area (Å²) < 4.78 is 4.82. The van der Waals surface area contributed by atoms with Gasteiger partial charge in [-0.3, -0.25) is 9.59 Å². The lowest BCUT2D eigenvalue weighted by atomic mass is 9.99. The number of carbonyl (C=O) groups is 2. The molecule has 1 heterocycles. The standard InChI is InChI=1S/C23H20N2O4/c1-3-29-21(27)11-10-20(26)22-23(28)18(13-24)17-9-8-16(12-19(17)25-22)15-6-4-14(2)5-7-15/h4-9,12,28H,3,10-11H2,1-2H3.